The Kier molecular flexibility index (Phi) is 4.67. The Labute approximate surface area is 132 Å². The van der Waals surface area contributed by atoms with E-state index in [0.29, 0.717) is 15.6 Å². The fraction of sp³-hybridized carbons (Fsp3) is 0.0833. The van der Waals surface area contributed by atoms with E-state index in [1.165, 1.54) is 19.2 Å². The normalized spacial score (nSPS) is 10.5. The number of hydrogen-bond donors (Lipinski definition) is 1. The molecule has 2 rings (SSSR count). The number of nitrogens with one attached hydrogen (secondary N) is 1. The molecule has 0 spiro atoms. The summed E-state index contributed by atoms with van der Waals surface area (Å²) in [6, 6.07) is 3.57. The SMILES string of the molecule is CNc1nc(Oc2cc(Cl)c(Br)cc2Cl)c(F)cc1F. The van der Waals surface area contributed by atoms with Crippen LogP contribution < -0.4 is 10.1 Å². The van der Waals surface area contributed by atoms with Crippen molar-refractivity contribution in [1.82, 2.24) is 4.98 Å². The molecule has 8 heteroatoms. The van der Waals surface area contributed by atoms with Crippen molar-refractivity contribution in [2.24, 2.45) is 0 Å². The maximum atomic E-state index is 13.6. The molecule has 3 nitrogen and oxygen atoms in total. The Balaban J connectivity index is 2.42. The van der Waals surface area contributed by atoms with Crippen LogP contribution in [-0.4, -0.2) is 12.0 Å². The standard InChI is InChI=1S/C12H7BrCl2F2N2O/c1-18-11-8(16)4-9(17)12(19-11)20-10-3-6(14)5(13)2-7(10)15/h2-4H,1H3,(H,18,19). The fourth-order valence-electron chi connectivity index (χ4n) is 1.38. The molecule has 1 aromatic carbocycles. The monoisotopic (exact) mass is 382 g/mol. The third-order valence-corrected chi connectivity index (χ3v) is 3.81. The molecule has 20 heavy (non-hydrogen) atoms. The molecule has 0 fully saturated rings. The zero-order chi connectivity index (χ0) is 14.9. The molecule has 0 aliphatic carbocycles. The highest BCUT2D eigenvalue weighted by Gasteiger charge is 2.15. The highest BCUT2D eigenvalue weighted by molar-refractivity contribution is 9.10. The summed E-state index contributed by atoms with van der Waals surface area (Å²) in [5, 5.41) is 3.02. The molecule has 0 radical (unpaired) electrons. The molecular weight excluding hydrogens is 377 g/mol. The van der Waals surface area contributed by atoms with Crippen molar-refractivity contribution < 1.29 is 13.5 Å². The topological polar surface area (TPSA) is 34.2 Å². The van der Waals surface area contributed by atoms with Gasteiger partial charge in [-0.15, -0.1) is 0 Å². The minimum absolute atomic E-state index is 0.111. The van der Waals surface area contributed by atoms with Gasteiger partial charge in [0, 0.05) is 23.7 Å². The molecule has 0 saturated heterocycles. The Morgan fingerprint density at radius 2 is 1.85 bits per heavy atom. The highest BCUT2D eigenvalue weighted by Crippen LogP contribution is 2.37. The Morgan fingerprint density at radius 1 is 1.15 bits per heavy atom. The second-order valence-electron chi connectivity index (χ2n) is 3.65. The summed E-state index contributed by atoms with van der Waals surface area (Å²) < 4.78 is 32.7. The first-order valence-electron chi connectivity index (χ1n) is 5.28. The minimum atomic E-state index is -0.948. The van der Waals surface area contributed by atoms with Crippen LogP contribution in [0.1, 0.15) is 0 Å². The van der Waals surface area contributed by atoms with Crippen molar-refractivity contribution in [2.45, 2.75) is 0 Å². The van der Waals surface area contributed by atoms with Gasteiger partial charge in [0.1, 0.15) is 5.75 Å². The summed E-state index contributed by atoms with van der Waals surface area (Å²) in [6.07, 6.45) is 0. The van der Waals surface area contributed by atoms with Gasteiger partial charge in [0.05, 0.1) is 10.0 Å². The molecule has 106 valence electrons. The van der Waals surface area contributed by atoms with Crippen LogP contribution in [0.5, 0.6) is 11.6 Å². The molecule has 1 aromatic heterocycles. The highest BCUT2D eigenvalue weighted by atomic mass is 79.9. The number of aromatic nitrogens is 1. The van der Waals surface area contributed by atoms with Crippen molar-refractivity contribution in [3.8, 4) is 11.6 Å². The number of benzene rings is 1. The molecular formula is C12H7BrCl2F2N2O. The van der Waals surface area contributed by atoms with E-state index in [0.717, 1.165) is 0 Å². The zero-order valence-electron chi connectivity index (χ0n) is 9.98. The summed E-state index contributed by atoms with van der Waals surface area (Å²) >= 11 is 15.0. The van der Waals surface area contributed by atoms with E-state index in [9.17, 15) is 8.78 Å². The number of pyridine rings is 1. The average Bonchev–Trinajstić information content (AvgIpc) is 2.38. The first-order valence-corrected chi connectivity index (χ1v) is 6.83. The fourth-order valence-corrected chi connectivity index (χ4v) is 2.21. The van der Waals surface area contributed by atoms with E-state index in [1.807, 2.05) is 0 Å². The van der Waals surface area contributed by atoms with Crippen molar-refractivity contribution in [1.29, 1.82) is 0 Å². The molecule has 0 saturated carbocycles. The van der Waals surface area contributed by atoms with E-state index >= 15 is 0 Å². The summed E-state index contributed by atoms with van der Waals surface area (Å²) in [5.41, 5.74) is 0. The van der Waals surface area contributed by atoms with E-state index in [2.05, 4.69) is 26.2 Å². The molecule has 0 aliphatic heterocycles. The van der Waals surface area contributed by atoms with Crippen LogP contribution in [0.15, 0.2) is 22.7 Å². The third-order valence-electron chi connectivity index (χ3n) is 2.32. The number of nitrogens with zero attached hydrogens (tertiary/aromatic N) is 1. The average molecular weight is 384 g/mol. The van der Waals surface area contributed by atoms with Gasteiger partial charge < -0.3 is 10.1 Å². The van der Waals surface area contributed by atoms with Crippen LogP contribution in [0.4, 0.5) is 14.6 Å². The van der Waals surface area contributed by atoms with Gasteiger partial charge in [0.15, 0.2) is 17.5 Å². The minimum Gasteiger partial charge on any atom is -0.435 e. The molecule has 0 bridgehead atoms. The van der Waals surface area contributed by atoms with E-state index in [4.69, 9.17) is 27.9 Å². The van der Waals surface area contributed by atoms with E-state index in [-0.39, 0.29) is 16.6 Å². The van der Waals surface area contributed by atoms with Gasteiger partial charge in [-0.1, -0.05) is 23.2 Å². The number of halogens is 5. The number of ether oxygens (including phenoxy) is 1. The van der Waals surface area contributed by atoms with Crippen LogP contribution >= 0.6 is 39.1 Å². The van der Waals surface area contributed by atoms with Crippen LogP contribution in [0.25, 0.3) is 0 Å². The van der Waals surface area contributed by atoms with Crippen molar-refractivity contribution >= 4 is 44.9 Å². The lowest BCUT2D eigenvalue weighted by molar-refractivity contribution is 0.418. The molecule has 0 aliphatic rings. The molecule has 0 unspecified atom stereocenters. The van der Waals surface area contributed by atoms with Crippen molar-refractivity contribution in [3.63, 3.8) is 0 Å². The third kappa shape index (κ3) is 3.13. The molecule has 1 heterocycles. The molecule has 0 amide bonds. The lowest BCUT2D eigenvalue weighted by Crippen LogP contribution is -2.01. The molecule has 2 aromatic rings. The summed E-state index contributed by atoms with van der Waals surface area (Å²) in [4.78, 5) is 3.68. The zero-order valence-corrected chi connectivity index (χ0v) is 13.1. The van der Waals surface area contributed by atoms with Gasteiger partial charge in [-0.2, -0.15) is 4.98 Å². The first kappa shape index (κ1) is 15.3. The number of anilines is 1. The largest absolute Gasteiger partial charge is 0.435 e. The summed E-state index contributed by atoms with van der Waals surface area (Å²) in [6.45, 7) is 0. The predicted octanol–water partition coefficient (Wildman–Crippen LogP) is 5.26. The van der Waals surface area contributed by atoms with Gasteiger partial charge in [-0.05, 0) is 22.0 Å². The van der Waals surface area contributed by atoms with Gasteiger partial charge >= 0.3 is 0 Å². The maximum absolute atomic E-state index is 13.6. The quantitative estimate of drug-likeness (QED) is 0.733. The summed E-state index contributed by atoms with van der Waals surface area (Å²) in [7, 11) is 1.45. The molecule has 1 N–H and O–H groups in total. The van der Waals surface area contributed by atoms with Gasteiger partial charge in [0.25, 0.3) is 5.88 Å². The van der Waals surface area contributed by atoms with Crippen molar-refractivity contribution in [3.05, 3.63) is 44.4 Å². The van der Waals surface area contributed by atoms with Gasteiger partial charge in [-0.3, -0.25) is 0 Å². The van der Waals surface area contributed by atoms with Crippen molar-refractivity contribution in [2.75, 3.05) is 12.4 Å². The van der Waals surface area contributed by atoms with Crippen LogP contribution in [0, 0.1) is 11.6 Å². The van der Waals surface area contributed by atoms with Crippen LogP contribution in [-0.2, 0) is 0 Å². The lowest BCUT2D eigenvalue weighted by Gasteiger charge is -2.10. The second kappa shape index (κ2) is 6.11. The lowest BCUT2D eigenvalue weighted by atomic mass is 10.3. The van der Waals surface area contributed by atoms with Gasteiger partial charge in [-0.25, -0.2) is 8.78 Å². The van der Waals surface area contributed by atoms with Crippen LogP contribution in [0.2, 0.25) is 10.0 Å². The molecule has 0 atom stereocenters. The Morgan fingerprint density at radius 3 is 2.50 bits per heavy atom. The first-order chi connectivity index (χ1) is 9.42. The predicted molar refractivity (Wildman–Crippen MR) is 77.9 cm³/mol. The second-order valence-corrected chi connectivity index (χ2v) is 5.32. The Hall–Kier alpha value is -1.11. The maximum Gasteiger partial charge on any atom is 0.258 e. The summed E-state index contributed by atoms with van der Waals surface area (Å²) in [5.74, 6) is -2.20. The van der Waals surface area contributed by atoms with Gasteiger partial charge in [0.2, 0.25) is 0 Å². The number of rotatable bonds is 3. The van der Waals surface area contributed by atoms with E-state index in [1.54, 1.807) is 0 Å². The smallest absolute Gasteiger partial charge is 0.258 e. The van der Waals surface area contributed by atoms with E-state index < -0.39 is 17.5 Å². The van der Waals surface area contributed by atoms with Crippen LogP contribution in [0.3, 0.4) is 0 Å². The number of hydrogen-bond acceptors (Lipinski definition) is 3. The Bertz CT molecular complexity index is 670.